The van der Waals surface area contributed by atoms with E-state index in [2.05, 4.69) is 42.6 Å². The predicted molar refractivity (Wildman–Crippen MR) is 150 cm³/mol. The van der Waals surface area contributed by atoms with Crippen molar-refractivity contribution in [1.82, 2.24) is 30.1 Å². The Morgan fingerprint density at radius 3 is 2.68 bits per heavy atom. The number of carbonyl (C=O) groups excluding carboxylic acids is 1. The van der Waals surface area contributed by atoms with Gasteiger partial charge in [0.25, 0.3) is 5.91 Å². The number of anilines is 1. The highest BCUT2D eigenvalue weighted by molar-refractivity contribution is 7.13. The Morgan fingerprint density at radius 2 is 1.82 bits per heavy atom. The third-order valence-electron chi connectivity index (χ3n) is 6.29. The van der Waals surface area contributed by atoms with Crippen LogP contribution in [0.4, 0.5) is 5.69 Å². The molecule has 0 aliphatic rings. The SMILES string of the molecule is O=C(Nc1cncc(-c2ccc3[nH]nc(-c4cc5c(-c6cccs6)nccc5[nH]4)c3n2)c1)c1ccccc1. The van der Waals surface area contributed by atoms with E-state index >= 15 is 0 Å². The molecule has 1 amide bonds. The number of benzene rings is 1. The number of carbonyl (C=O) groups is 1. The van der Waals surface area contributed by atoms with Gasteiger partial charge in [-0.15, -0.1) is 11.3 Å². The molecule has 38 heavy (non-hydrogen) atoms. The average molecular weight is 514 g/mol. The summed E-state index contributed by atoms with van der Waals surface area (Å²) in [5.41, 5.74) is 7.72. The number of aromatic amines is 2. The molecule has 1 aromatic carbocycles. The highest BCUT2D eigenvalue weighted by Crippen LogP contribution is 2.34. The van der Waals surface area contributed by atoms with Crippen molar-refractivity contribution in [3.05, 3.63) is 102 Å². The molecule has 6 heterocycles. The van der Waals surface area contributed by atoms with Gasteiger partial charge in [-0.2, -0.15) is 5.10 Å². The topological polar surface area (TPSA) is 112 Å². The van der Waals surface area contributed by atoms with Crippen LogP contribution in [0.25, 0.3) is 55.2 Å². The van der Waals surface area contributed by atoms with E-state index in [4.69, 9.17) is 4.98 Å². The molecule has 0 saturated carbocycles. The maximum atomic E-state index is 12.6. The van der Waals surface area contributed by atoms with Crippen molar-refractivity contribution in [2.75, 3.05) is 5.32 Å². The zero-order valence-electron chi connectivity index (χ0n) is 19.8. The van der Waals surface area contributed by atoms with E-state index in [0.29, 0.717) is 11.3 Å². The van der Waals surface area contributed by atoms with Crippen molar-refractivity contribution >= 4 is 44.9 Å². The molecule has 9 heteroatoms. The number of rotatable bonds is 5. The second-order valence-electron chi connectivity index (χ2n) is 8.73. The first kappa shape index (κ1) is 22.1. The first-order valence-corrected chi connectivity index (χ1v) is 12.8. The number of amides is 1. The van der Waals surface area contributed by atoms with Crippen molar-refractivity contribution in [2.45, 2.75) is 0 Å². The molecule has 6 aromatic heterocycles. The Labute approximate surface area is 220 Å². The van der Waals surface area contributed by atoms with Crippen LogP contribution in [0.3, 0.4) is 0 Å². The molecule has 0 radical (unpaired) electrons. The van der Waals surface area contributed by atoms with Gasteiger partial charge in [0.15, 0.2) is 0 Å². The zero-order valence-corrected chi connectivity index (χ0v) is 20.7. The molecule has 0 fully saturated rings. The Morgan fingerprint density at radius 1 is 0.895 bits per heavy atom. The molecular weight excluding hydrogens is 494 g/mol. The minimum Gasteiger partial charge on any atom is -0.353 e. The van der Waals surface area contributed by atoms with Crippen LogP contribution in [0.15, 0.2) is 96.8 Å². The van der Waals surface area contributed by atoms with Gasteiger partial charge in [0.1, 0.15) is 11.2 Å². The number of pyridine rings is 3. The molecule has 0 saturated heterocycles. The normalized spacial score (nSPS) is 11.3. The smallest absolute Gasteiger partial charge is 0.255 e. The third kappa shape index (κ3) is 3.91. The summed E-state index contributed by atoms with van der Waals surface area (Å²) >= 11 is 1.66. The van der Waals surface area contributed by atoms with Gasteiger partial charge >= 0.3 is 0 Å². The van der Waals surface area contributed by atoms with Gasteiger partial charge in [-0.1, -0.05) is 24.3 Å². The van der Waals surface area contributed by atoms with Gasteiger partial charge in [-0.3, -0.25) is 19.9 Å². The molecule has 0 spiro atoms. The van der Waals surface area contributed by atoms with Crippen molar-refractivity contribution in [1.29, 1.82) is 0 Å². The van der Waals surface area contributed by atoms with Gasteiger partial charge in [0.2, 0.25) is 0 Å². The molecule has 0 unspecified atom stereocenters. The lowest BCUT2D eigenvalue weighted by Crippen LogP contribution is -2.11. The van der Waals surface area contributed by atoms with E-state index in [1.54, 1.807) is 35.9 Å². The standard InChI is InChI=1S/C29H19N7OS/c37-29(17-5-2-1-3-6-17)32-19-13-18(15-30-16-19)21-8-9-23-27(34-21)28(36-35-23)24-14-20-22(33-24)10-11-31-26(20)25-7-4-12-38-25/h1-16,33H,(H,32,37)(H,35,36). The monoisotopic (exact) mass is 513 g/mol. The fourth-order valence-corrected chi connectivity index (χ4v) is 5.21. The van der Waals surface area contributed by atoms with E-state index < -0.39 is 0 Å². The first-order chi connectivity index (χ1) is 18.7. The van der Waals surface area contributed by atoms with E-state index in [9.17, 15) is 4.79 Å². The summed E-state index contributed by atoms with van der Waals surface area (Å²) in [5, 5.41) is 13.6. The van der Waals surface area contributed by atoms with Crippen LogP contribution >= 0.6 is 11.3 Å². The lowest BCUT2D eigenvalue weighted by Gasteiger charge is -2.07. The van der Waals surface area contributed by atoms with Crippen LogP contribution in [-0.4, -0.2) is 36.0 Å². The molecule has 7 rings (SSSR count). The highest BCUT2D eigenvalue weighted by Gasteiger charge is 2.16. The Bertz CT molecular complexity index is 1920. The molecule has 0 bridgehead atoms. The van der Waals surface area contributed by atoms with Crippen molar-refractivity contribution < 1.29 is 4.79 Å². The molecule has 3 N–H and O–H groups in total. The highest BCUT2D eigenvalue weighted by atomic mass is 32.1. The molecule has 0 aliphatic heterocycles. The summed E-state index contributed by atoms with van der Waals surface area (Å²) in [6.07, 6.45) is 5.16. The number of hydrogen-bond acceptors (Lipinski definition) is 6. The quantitative estimate of drug-likeness (QED) is 0.242. The zero-order chi connectivity index (χ0) is 25.5. The third-order valence-corrected chi connectivity index (χ3v) is 7.17. The van der Waals surface area contributed by atoms with Crippen molar-refractivity contribution in [3.63, 3.8) is 0 Å². The van der Waals surface area contributed by atoms with Gasteiger partial charge in [-0.25, -0.2) is 4.98 Å². The Balaban J connectivity index is 1.25. The molecule has 0 atom stereocenters. The number of H-pyrrole nitrogens is 2. The summed E-state index contributed by atoms with van der Waals surface area (Å²) in [4.78, 5) is 31.1. The summed E-state index contributed by atoms with van der Waals surface area (Å²) in [7, 11) is 0. The molecule has 0 aliphatic carbocycles. The summed E-state index contributed by atoms with van der Waals surface area (Å²) in [5.74, 6) is -0.194. The summed E-state index contributed by atoms with van der Waals surface area (Å²) < 4.78 is 0. The van der Waals surface area contributed by atoms with Crippen molar-refractivity contribution in [2.24, 2.45) is 0 Å². The first-order valence-electron chi connectivity index (χ1n) is 11.9. The summed E-state index contributed by atoms with van der Waals surface area (Å²) in [6.45, 7) is 0. The molecule has 182 valence electrons. The molecule has 8 nitrogen and oxygen atoms in total. The van der Waals surface area contributed by atoms with Crippen LogP contribution in [0.1, 0.15) is 10.4 Å². The van der Waals surface area contributed by atoms with Crippen LogP contribution in [-0.2, 0) is 0 Å². The van der Waals surface area contributed by atoms with Crippen LogP contribution < -0.4 is 5.32 Å². The minimum atomic E-state index is -0.194. The fraction of sp³-hybridized carbons (Fsp3) is 0. The van der Waals surface area contributed by atoms with Crippen LogP contribution in [0.2, 0.25) is 0 Å². The number of aromatic nitrogens is 6. The maximum absolute atomic E-state index is 12.6. The number of nitrogens with one attached hydrogen (secondary N) is 3. The second kappa shape index (κ2) is 9.06. The lowest BCUT2D eigenvalue weighted by atomic mass is 10.1. The van der Waals surface area contributed by atoms with E-state index in [1.165, 1.54) is 0 Å². The number of fused-ring (bicyclic) bond motifs is 2. The average Bonchev–Trinajstić information content (AvgIpc) is 3.73. The Kier molecular flexibility index (Phi) is 5.26. The minimum absolute atomic E-state index is 0.194. The van der Waals surface area contributed by atoms with Crippen LogP contribution in [0.5, 0.6) is 0 Å². The van der Waals surface area contributed by atoms with Crippen molar-refractivity contribution in [3.8, 4) is 33.2 Å². The fourth-order valence-electron chi connectivity index (χ4n) is 4.48. The largest absolute Gasteiger partial charge is 0.353 e. The van der Waals surface area contributed by atoms with Gasteiger partial charge in [0, 0.05) is 34.4 Å². The van der Waals surface area contributed by atoms with Crippen LogP contribution in [0, 0.1) is 0 Å². The number of thiophene rings is 1. The van der Waals surface area contributed by atoms with E-state index in [0.717, 1.165) is 55.2 Å². The number of hydrogen-bond donors (Lipinski definition) is 3. The van der Waals surface area contributed by atoms with Gasteiger partial charge in [0.05, 0.1) is 39.4 Å². The molecular formula is C29H19N7OS. The predicted octanol–water partition coefficient (Wildman–Crippen LogP) is 6.54. The summed E-state index contributed by atoms with van der Waals surface area (Å²) in [6, 6.07) is 22.9. The van der Waals surface area contributed by atoms with E-state index in [-0.39, 0.29) is 5.91 Å². The lowest BCUT2D eigenvalue weighted by molar-refractivity contribution is 0.102. The maximum Gasteiger partial charge on any atom is 0.255 e. The Hall–Kier alpha value is -5.15. The second-order valence-corrected chi connectivity index (χ2v) is 9.68. The van der Waals surface area contributed by atoms with E-state index in [1.807, 2.05) is 60.1 Å². The molecule has 7 aromatic rings. The van der Waals surface area contributed by atoms with Gasteiger partial charge < -0.3 is 10.3 Å². The van der Waals surface area contributed by atoms with Gasteiger partial charge in [-0.05, 0) is 53.9 Å². The number of nitrogens with zero attached hydrogens (tertiary/aromatic N) is 4.